The maximum absolute atomic E-state index is 13.1. The molecule has 1 N–H and O–H groups in total. The first-order chi connectivity index (χ1) is 13.6. The molecule has 4 nitrogen and oxygen atoms in total. The first-order valence-corrected chi connectivity index (χ1v) is 9.77. The number of aliphatic hydroxyl groups is 1. The molecular weight excluding hydrogens is 405 g/mol. The summed E-state index contributed by atoms with van der Waals surface area (Å²) < 4.78 is 38.5. The van der Waals surface area contributed by atoms with Gasteiger partial charge in [0.15, 0.2) is 0 Å². The molecule has 2 heterocycles. The number of alkyl halides is 3. The molecular formula is C21H20ClF3N2O2. The van der Waals surface area contributed by atoms with Crippen LogP contribution < -0.4 is 0 Å². The lowest BCUT2D eigenvalue weighted by Crippen LogP contribution is -2.52. The van der Waals surface area contributed by atoms with Gasteiger partial charge in [0, 0.05) is 18.1 Å². The Morgan fingerprint density at radius 3 is 2.31 bits per heavy atom. The molecule has 8 heteroatoms. The first kappa shape index (κ1) is 20.2. The van der Waals surface area contributed by atoms with Gasteiger partial charge in [-0.25, -0.2) is 0 Å². The minimum atomic E-state index is -4.40. The highest BCUT2D eigenvalue weighted by Crippen LogP contribution is 2.45. The van der Waals surface area contributed by atoms with E-state index in [4.69, 9.17) is 11.6 Å². The van der Waals surface area contributed by atoms with E-state index in [0.29, 0.717) is 34.8 Å². The van der Waals surface area contributed by atoms with Gasteiger partial charge in [0.05, 0.1) is 5.56 Å². The minimum absolute atomic E-state index is 0.221. The SMILES string of the molecule is CC1(O)C(c2cc(-c3ccc(C(F)(F)F)cc3)ccc2Cl)C(=O)N2CCCCN21. The molecule has 2 atom stereocenters. The number of hydrogen-bond donors (Lipinski definition) is 1. The molecule has 2 saturated heterocycles. The Bertz CT molecular complexity index is 944. The van der Waals surface area contributed by atoms with Gasteiger partial charge >= 0.3 is 6.18 Å². The molecule has 0 saturated carbocycles. The van der Waals surface area contributed by atoms with E-state index in [9.17, 15) is 23.1 Å². The summed E-state index contributed by atoms with van der Waals surface area (Å²) >= 11 is 6.39. The van der Waals surface area contributed by atoms with E-state index in [2.05, 4.69) is 0 Å². The average Bonchev–Trinajstić information content (AvgIpc) is 2.88. The summed E-state index contributed by atoms with van der Waals surface area (Å²) in [5.74, 6) is -1.09. The van der Waals surface area contributed by atoms with Gasteiger partial charge in [0.2, 0.25) is 5.91 Å². The molecule has 2 fully saturated rings. The Kier molecular flexibility index (Phi) is 4.88. The highest BCUT2D eigenvalue weighted by atomic mass is 35.5. The minimum Gasteiger partial charge on any atom is -0.373 e. The molecule has 154 valence electrons. The van der Waals surface area contributed by atoms with Crippen LogP contribution in [0.1, 0.15) is 36.8 Å². The predicted molar refractivity (Wildman–Crippen MR) is 103 cm³/mol. The van der Waals surface area contributed by atoms with Crippen molar-refractivity contribution < 1.29 is 23.1 Å². The van der Waals surface area contributed by atoms with Gasteiger partial charge in [-0.05, 0) is 60.7 Å². The predicted octanol–water partition coefficient (Wildman–Crippen LogP) is 4.67. The first-order valence-electron chi connectivity index (χ1n) is 9.39. The molecule has 1 amide bonds. The monoisotopic (exact) mass is 424 g/mol. The molecule has 0 radical (unpaired) electrons. The van der Waals surface area contributed by atoms with Crippen molar-refractivity contribution in [1.82, 2.24) is 10.0 Å². The van der Waals surface area contributed by atoms with Gasteiger partial charge in [-0.1, -0.05) is 29.8 Å². The number of hydrazine groups is 1. The number of amides is 1. The van der Waals surface area contributed by atoms with E-state index in [-0.39, 0.29) is 5.91 Å². The zero-order valence-electron chi connectivity index (χ0n) is 15.7. The normalized spacial score (nSPS) is 25.4. The van der Waals surface area contributed by atoms with Crippen LogP contribution in [0.15, 0.2) is 42.5 Å². The van der Waals surface area contributed by atoms with Crippen molar-refractivity contribution >= 4 is 17.5 Å². The van der Waals surface area contributed by atoms with Gasteiger partial charge in [0.25, 0.3) is 0 Å². The molecule has 2 aromatic rings. The van der Waals surface area contributed by atoms with Crippen LogP contribution in [0.4, 0.5) is 13.2 Å². The average molecular weight is 425 g/mol. The van der Waals surface area contributed by atoms with Gasteiger partial charge in [0.1, 0.15) is 11.6 Å². The summed E-state index contributed by atoms with van der Waals surface area (Å²) in [4.78, 5) is 13.1. The van der Waals surface area contributed by atoms with Crippen LogP contribution in [0.25, 0.3) is 11.1 Å². The van der Waals surface area contributed by atoms with E-state index in [1.165, 1.54) is 12.1 Å². The lowest BCUT2D eigenvalue weighted by molar-refractivity contribution is -0.174. The second-order valence-electron chi connectivity index (χ2n) is 7.63. The topological polar surface area (TPSA) is 43.8 Å². The summed E-state index contributed by atoms with van der Waals surface area (Å²) in [6, 6.07) is 9.80. The van der Waals surface area contributed by atoms with Crippen molar-refractivity contribution in [2.45, 2.75) is 37.6 Å². The number of carbonyl (C=O) groups is 1. The molecule has 0 aliphatic carbocycles. The Labute approximate surface area is 171 Å². The number of hydrogen-bond acceptors (Lipinski definition) is 3. The van der Waals surface area contributed by atoms with Crippen molar-refractivity contribution in [2.24, 2.45) is 0 Å². The molecule has 4 rings (SSSR count). The lowest BCUT2D eigenvalue weighted by atomic mass is 9.87. The second-order valence-corrected chi connectivity index (χ2v) is 8.04. The number of halogens is 4. The maximum Gasteiger partial charge on any atom is 0.416 e. The Hall–Kier alpha value is -2.09. The van der Waals surface area contributed by atoms with Gasteiger partial charge < -0.3 is 5.11 Å². The fraction of sp³-hybridized carbons (Fsp3) is 0.381. The van der Waals surface area contributed by atoms with Crippen molar-refractivity contribution in [1.29, 1.82) is 0 Å². The van der Waals surface area contributed by atoms with E-state index in [0.717, 1.165) is 25.0 Å². The molecule has 2 unspecified atom stereocenters. The maximum atomic E-state index is 13.1. The number of benzene rings is 2. The Morgan fingerprint density at radius 2 is 1.69 bits per heavy atom. The number of fused-ring (bicyclic) bond motifs is 1. The molecule has 29 heavy (non-hydrogen) atoms. The van der Waals surface area contributed by atoms with Crippen molar-refractivity contribution in [3.63, 3.8) is 0 Å². The lowest BCUT2D eigenvalue weighted by Gasteiger charge is -2.39. The summed E-state index contributed by atoms with van der Waals surface area (Å²) in [6.07, 6.45) is -2.66. The van der Waals surface area contributed by atoms with E-state index >= 15 is 0 Å². The van der Waals surface area contributed by atoms with Crippen molar-refractivity contribution in [3.8, 4) is 11.1 Å². The highest BCUT2D eigenvalue weighted by molar-refractivity contribution is 6.31. The highest BCUT2D eigenvalue weighted by Gasteiger charge is 2.55. The van der Waals surface area contributed by atoms with Gasteiger partial charge in [-0.15, -0.1) is 0 Å². The van der Waals surface area contributed by atoms with Crippen molar-refractivity contribution in [3.05, 3.63) is 58.6 Å². The van der Waals surface area contributed by atoms with Crippen LogP contribution in [0, 0.1) is 0 Å². The Balaban J connectivity index is 1.73. The molecule has 2 aliphatic rings. The molecule has 0 aromatic heterocycles. The number of carbonyl (C=O) groups excluding carboxylic acids is 1. The van der Waals surface area contributed by atoms with E-state index in [1.54, 1.807) is 35.1 Å². The number of rotatable bonds is 2. The summed E-state index contributed by atoms with van der Waals surface area (Å²) in [6.45, 7) is 2.72. The van der Waals surface area contributed by atoms with E-state index < -0.39 is 23.4 Å². The van der Waals surface area contributed by atoms with Crippen molar-refractivity contribution in [2.75, 3.05) is 13.1 Å². The summed E-state index contributed by atoms with van der Waals surface area (Å²) in [5.41, 5.74) is -0.497. The summed E-state index contributed by atoms with van der Waals surface area (Å²) in [5, 5.41) is 14.8. The van der Waals surface area contributed by atoms with E-state index in [1.807, 2.05) is 0 Å². The fourth-order valence-electron chi connectivity index (χ4n) is 4.22. The number of nitrogens with zero attached hydrogens (tertiary/aromatic N) is 2. The summed E-state index contributed by atoms with van der Waals surface area (Å²) in [7, 11) is 0. The fourth-order valence-corrected chi connectivity index (χ4v) is 4.45. The van der Waals surface area contributed by atoms with Crippen LogP contribution in [-0.2, 0) is 11.0 Å². The van der Waals surface area contributed by atoms with Crippen LogP contribution in [-0.4, -0.2) is 39.8 Å². The molecule has 2 aliphatic heterocycles. The molecule has 0 bridgehead atoms. The van der Waals surface area contributed by atoms with Crippen LogP contribution in [0.2, 0.25) is 5.02 Å². The zero-order chi connectivity index (χ0) is 21.0. The third kappa shape index (κ3) is 3.41. The molecule has 2 aromatic carbocycles. The second kappa shape index (κ2) is 7.00. The standard InChI is InChI=1S/C21H20ClF3N2O2/c1-20(29)18(19(28)26-10-2-3-11-27(20)26)16-12-14(6-9-17(16)22)13-4-7-15(8-5-13)21(23,24)25/h4-9,12,18,29H,2-3,10-11H2,1H3. The van der Waals surface area contributed by atoms with Gasteiger partial charge in [-0.2, -0.15) is 18.2 Å². The van der Waals surface area contributed by atoms with Crippen LogP contribution in [0.3, 0.4) is 0 Å². The third-order valence-electron chi connectivity index (χ3n) is 5.70. The van der Waals surface area contributed by atoms with Gasteiger partial charge in [-0.3, -0.25) is 9.80 Å². The zero-order valence-corrected chi connectivity index (χ0v) is 16.5. The third-order valence-corrected chi connectivity index (χ3v) is 6.05. The quantitative estimate of drug-likeness (QED) is 0.761. The van der Waals surface area contributed by atoms with Crippen LogP contribution in [0.5, 0.6) is 0 Å². The smallest absolute Gasteiger partial charge is 0.373 e. The Morgan fingerprint density at radius 1 is 1.07 bits per heavy atom. The van der Waals surface area contributed by atoms with Crippen LogP contribution >= 0.6 is 11.6 Å². The largest absolute Gasteiger partial charge is 0.416 e. The molecule has 0 spiro atoms.